The van der Waals surface area contributed by atoms with Crippen molar-refractivity contribution in [2.24, 2.45) is 7.05 Å². The van der Waals surface area contributed by atoms with Crippen LogP contribution in [0.3, 0.4) is 0 Å². The van der Waals surface area contributed by atoms with Gasteiger partial charge in [0.2, 0.25) is 11.8 Å². The molecule has 3 heterocycles. The minimum absolute atomic E-state index is 0.00505. The standard InChI is InChI=1S/C18H18N4O2/c1-11(23)22-7-6-16-15(10-22)18(20-21(16)2)13-5-3-4-12-8-17(24)19-9-14(12)13/h3-5,8-9H,6-7,10H2,1-2H3,(H,19,24). The van der Waals surface area contributed by atoms with Crippen LogP contribution in [0.15, 0.2) is 30.5 Å². The molecule has 0 fully saturated rings. The summed E-state index contributed by atoms with van der Waals surface area (Å²) in [5.41, 5.74) is 4.13. The van der Waals surface area contributed by atoms with E-state index in [-0.39, 0.29) is 11.8 Å². The Morgan fingerprint density at radius 1 is 1.33 bits per heavy atom. The maximum Gasteiger partial charge on any atom is 0.219 e. The lowest BCUT2D eigenvalue weighted by Gasteiger charge is -2.26. The first kappa shape index (κ1) is 14.7. The van der Waals surface area contributed by atoms with Crippen molar-refractivity contribution in [2.45, 2.75) is 19.9 Å². The number of hydrogen-bond donors (Lipinski definition) is 1. The van der Waals surface area contributed by atoms with Gasteiger partial charge in [-0.3, -0.25) is 9.48 Å². The Kier molecular flexibility index (Phi) is 3.26. The maximum atomic E-state index is 11.8. The Bertz CT molecular complexity index is 961. The van der Waals surface area contributed by atoms with E-state index in [9.17, 15) is 9.90 Å². The summed E-state index contributed by atoms with van der Waals surface area (Å²) < 4.78 is 1.91. The lowest BCUT2D eigenvalue weighted by atomic mass is 9.97. The summed E-state index contributed by atoms with van der Waals surface area (Å²) in [5, 5.41) is 16.2. The number of aromatic hydroxyl groups is 1. The van der Waals surface area contributed by atoms with Crippen LogP contribution in [0.1, 0.15) is 18.2 Å². The number of aryl methyl sites for hydroxylation is 1. The van der Waals surface area contributed by atoms with Crippen molar-refractivity contribution in [3.8, 4) is 17.1 Å². The monoisotopic (exact) mass is 322 g/mol. The molecule has 1 amide bonds. The number of carbonyl (C=O) groups excluding carboxylic acids is 1. The molecule has 0 bridgehead atoms. The zero-order chi connectivity index (χ0) is 16.8. The molecule has 0 radical (unpaired) electrons. The molecule has 0 unspecified atom stereocenters. The van der Waals surface area contributed by atoms with Crippen molar-refractivity contribution in [3.63, 3.8) is 0 Å². The van der Waals surface area contributed by atoms with E-state index in [0.717, 1.165) is 40.6 Å². The lowest BCUT2D eigenvalue weighted by molar-refractivity contribution is -0.129. The first-order valence-electron chi connectivity index (χ1n) is 7.93. The van der Waals surface area contributed by atoms with Crippen molar-refractivity contribution in [1.82, 2.24) is 19.7 Å². The van der Waals surface area contributed by atoms with Crippen LogP contribution < -0.4 is 0 Å². The Labute approximate surface area is 139 Å². The van der Waals surface area contributed by atoms with Gasteiger partial charge in [0.05, 0.1) is 5.69 Å². The summed E-state index contributed by atoms with van der Waals surface area (Å²) in [5.74, 6) is 0.0883. The molecule has 0 saturated carbocycles. The molecule has 1 aliphatic rings. The van der Waals surface area contributed by atoms with Crippen molar-refractivity contribution in [1.29, 1.82) is 0 Å². The van der Waals surface area contributed by atoms with Crippen LogP contribution in [0.25, 0.3) is 22.0 Å². The van der Waals surface area contributed by atoms with Gasteiger partial charge >= 0.3 is 0 Å². The highest BCUT2D eigenvalue weighted by atomic mass is 16.3. The van der Waals surface area contributed by atoms with Crippen molar-refractivity contribution >= 4 is 16.7 Å². The van der Waals surface area contributed by atoms with E-state index in [4.69, 9.17) is 5.10 Å². The van der Waals surface area contributed by atoms with E-state index in [1.54, 1.807) is 19.2 Å². The molecule has 122 valence electrons. The highest BCUT2D eigenvalue weighted by molar-refractivity contribution is 5.96. The van der Waals surface area contributed by atoms with E-state index in [1.165, 1.54) is 5.69 Å². The summed E-state index contributed by atoms with van der Waals surface area (Å²) in [7, 11) is 1.95. The normalized spacial score (nSPS) is 14.0. The molecule has 1 N–H and O–H groups in total. The first-order chi connectivity index (χ1) is 11.5. The number of aromatic nitrogens is 3. The molecular weight excluding hydrogens is 304 g/mol. The van der Waals surface area contributed by atoms with Gasteiger partial charge in [-0.25, -0.2) is 4.98 Å². The van der Waals surface area contributed by atoms with Crippen LogP contribution in [0.5, 0.6) is 5.88 Å². The minimum atomic E-state index is 0.00505. The number of rotatable bonds is 1. The van der Waals surface area contributed by atoms with E-state index in [1.807, 2.05) is 34.8 Å². The fraction of sp³-hybridized carbons (Fsp3) is 0.278. The van der Waals surface area contributed by atoms with Gasteiger partial charge in [-0.2, -0.15) is 5.10 Å². The predicted molar refractivity (Wildman–Crippen MR) is 90.4 cm³/mol. The third-order valence-electron chi connectivity index (χ3n) is 4.69. The number of benzene rings is 1. The Morgan fingerprint density at radius 3 is 2.96 bits per heavy atom. The summed E-state index contributed by atoms with van der Waals surface area (Å²) in [6, 6.07) is 7.55. The van der Waals surface area contributed by atoms with Crippen LogP contribution in [0, 0.1) is 0 Å². The van der Waals surface area contributed by atoms with Crippen molar-refractivity contribution in [3.05, 3.63) is 41.7 Å². The number of carbonyl (C=O) groups is 1. The van der Waals surface area contributed by atoms with Gasteiger partial charge in [-0.05, 0) is 5.39 Å². The van der Waals surface area contributed by atoms with Gasteiger partial charge in [0.1, 0.15) is 0 Å². The fourth-order valence-corrected chi connectivity index (χ4v) is 3.44. The second-order valence-electron chi connectivity index (χ2n) is 6.16. The topological polar surface area (TPSA) is 71.2 Å². The summed E-state index contributed by atoms with van der Waals surface area (Å²) in [4.78, 5) is 17.6. The van der Waals surface area contributed by atoms with Gasteiger partial charge in [0.25, 0.3) is 0 Å². The van der Waals surface area contributed by atoms with Crippen LogP contribution in [0.4, 0.5) is 0 Å². The zero-order valence-electron chi connectivity index (χ0n) is 13.7. The highest BCUT2D eigenvalue weighted by Gasteiger charge is 2.26. The van der Waals surface area contributed by atoms with Crippen LogP contribution >= 0.6 is 0 Å². The first-order valence-corrected chi connectivity index (χ1v) is 7.93. The summed E-state index contributed by atoms with van der Waals surface area (Å²) in [6.45, 7) is 2.91. The predicted octanol–water partition coefficient (Wildman–Crippen LogP) is 2.25. The SMILES string of the molecule is CC(=O)N1CCc2c(c(-c3cccc4cc(O)ncc34)nn2C)C1. The summed E-state index contributed by atoms with van der Waals surface area (Å²) in [6.07, 6.45) is 2.48. The van der Waals surface area contributed by atoms with E-state index in [0.29, 0.717) is 6.54 Å². The Balaban J connectivity index is 1.91. The molecule has 0 atom stereocenters. The number of hydrogen-bond acceptors (Lipinski definition) is 4. The quantitative estimate of drug-likeness (QED) is 0.746. The van der Waals surface area contributed by atoms with Crippen molar-refractivity contribution < 1.29 is 9.90 Å². The molecule has 24 heavy (non-hydrogen) atoms. The van der Waals surface area contributed by atoms with Gasteiger partial charge in [-0.1, -0.05) is 18.2 Å². The molecule has 1 aliphatic heterocycles. The average molecular weight is 322 g/mol. The molecule has 3 aromatic rings. The molecule has 4 rings (SSSR count). The van der Waals surface area contributed by atoms with Gasteiger partial charge in [0, 0.05) is 68.0 Å². The average Bonchev–Trinajstić information content (AvgIpc) is 2.90. The number of fused-ring (bicyclic) bond motifs is 2. The van der Waals surface area contributed by atoms with Crippen LogP contribution in [-0.4, -0.2) is 37.2 Å². The van der Waals surface area contributed by atoms with E-state index < -0.39 is 0 Å². The van der Waals surface area contributed by atoms with Crippen molar-refractivity contribution in [2.75, 3.05) is 6.54 Å². The third kappa shape index (κ3) is 2.22. The fourth-order valence-electron chi connectivity index (χ4n) is 3.44. The second-order valence-corrected chi connectivity index (χ2v) is 6.16. The van der Waals surface area contributed by atoms with E-state index >= 15 is 0 Å². The van der Waals surface area contributed by atoms with Crippen LogP contribution in [0.2, 0.25) is 0 Å². The largest absolute Gasteiger partial charge is 0.493 e. The molecule has 0 spiro atoms. The molecule has 1 aromatic carbocycles. The number of pyridine rings is 1. The highest BCUT2D eigenvalue weighted by Crippen LogP contribution is 2.34. The zero-order valence-corrected chi connectivity index (χ0v) is 13.7. The molecule has 0 saturated heterocycles. The maximum absolute atomic E-state index is 11.8. The number of amides is 1. The summed E-state index contributed by atoms with van der Waals surface area (Å²) >= 11 is 0. The van der Waals surface area contributed by atoms with Crippen LogP contribution in [-0.2, 0) is 24.8 Å². The molecule has 0 aliphatic carbocycles. The molecule has 6 nitrogen and oxygen atoms in total. The lowest BCUT2D eigenvalue weighted by Crippen LogP contribution is -2.34. The molecule has 6 heteroatoms. The Morgan fingerprint density at radius 2 is 2.17 bits per heavy atom. The van der Waals surface area contributed by atoms with Gasteiger partial charge in [-0.15, -0.1) is 0 Å². The third-order valence-corrected chi connectivity index (χ3v) is 4.69. The van der Waals surface area contributed by atoms with E-state index in [2.05, 4.69) is 4.98 Å². The minimum Gasteiger partial charge on any atom is -0.493 e. The van der Waals surface area contributed by atoms with Gasteiger partial charge in [0.15, 0.2) is 0 Å². The number of nitrogens with zero attached hydrogens (tertiary/aromatic N) is 4. The smallest absolute Gasteiger partial charge is 0.219 e. The molecular formula is C18H18N4O2. The molecule has 2 aromatic heterocycles. The second kappa shape index (κ2) is 5.33. The Hall–Kier alpha value is -2.89. The van der Waals surface area contributed by atoms with Gasteiger partial charge < -0.3 is 10.0 Å².